The summed E-state index contributed by atoms with van der Waals surface area (Å²) in [6, 6.07) is 14.7. The van der Waals surface area contributed by atoms with Crippen molar-refractivity contribution < 1.29 is 33.0 Å². The predicted molar refractivity (Wildman–Crippen MR) is 131 cm³/mol. The molecule has 1 fully saturated rings. The number of ether oxygens (including phenoxy) is 3. The van der Waals surface area contributed by atoms with Crippen LogP contribution in [0.2, 0.25) is 5.02 Å². The van der Waals surface area contributed by atoms with E-state index in [1.54, 1.807) is 42.5 Å². The Morgan fingerprint density at radius 1 is 0.972 bits per heavy atom. The number of hydrogen-bond donors (Lipinski definition) is 1. The lowest BCUT2D eigenvalue weighted by atomic mass is 10.1. The number of methoxy groups -OCH3 is 1. The molecule has 1 aliphatic heterocycles. The van der Waals surface area contributed by atoms with Crippen molar-refractivity contribution in [3.05, 3.63) is 82.8 Å². The van der Waals surface area contributed by atoms with Crippen LogP contribution in [0.3, 0.4) is 0 Å². The summed E-state index contributed by atoms with van der Waals surface area (Å²) in [6.45, 7) is 0.686. The summed E-state index contributed by atoms with van der Waals surface area (Å²) in [6.07, 6.45) is 3.43. The van der Waals surface area contributed by atoms with Crippen LogP contribution in [-0.2, 0) is 16.1 Å². The molecule has 1 aliphatic rings. The first-order valence-electron chi connectivity index (χ1n) is 11.1. The van der Waals surface area contributed by atoms with Gasteiger partial charge in [0.1, 0.15) is 17.1 Å². The predicted octanol–water partition coefficient (Wildman–Crippen LogP) is 4.45. The van der Waals surface area contributed by atoms with E-state index in [2.05, 4.69) is 5.32 Å². The molecule has 4 rings (SSSR count). The maximum Gasteiger partial charge on any atom is 0.331 e. The van der Waals surface area contributed by atoms with Gasteiger partial charge in [0.05, 0.1) is 38.2 Å². The number of barbiturate groups is 1. The minimum absolute atomic E-state index is 0.0986. The molecule has 9 nitrogen and oxygen atoms in total. The number of urea groups is 1. The lowest BCUT2D eigenvalue weighted by Gasteiger charge is -2.25. The van der Waals surface area contributed by atoms with Crippen molar-refractivity contribution >= 4 is 35.5 Å². The van der Waals surface area contributed by atoms with Gasteiger partial charge < -0.3 is 18.6 Å². The van der Waals surface area contributed by atoms with Crippen molar-refractivity contribution in [2.45, 2.75) is 13.0 Å². The molecule has 0 unspecified atom stereocenters. The maximum absolute atomic E-state index is 12.9. The van der Waals surface area contributed by atoms with Crippen LogP contribution in [0.25, 0.3) is 6.08 Å². The molecule has 1 N–H and O–H groups in total. The van der Waals surface area contributed by atoms with Crippen LogP contribution in [0.1, 0.15) is 17.7 Å². The van der Waals surface area contributed by atoms with Gasteiger partial charge in [-0.05, 0) is 48.0 Å². The standard InChI is InChI=1S/C26H23ClN2O7/c1-33-23-15-17(9-10-22(23)36-13-5-12-35-21-8-3-2-7-20(21)27)14-19-24(30)28-26(32)29(25(19)31)16-18-6-4-11-34-18/h2-4,6-11,14-15H,5,12-13,16H2,1H3,(H,28,30,32)/b19-14-. The number of amides is 4. The van der Waals surface area contributed by atoms with Crippen LogP contribution >= 0.6 is 11.6 Å². The van der Waals surface area contributed by atoms with Crippen LogP contribution in [0.5, 0.6) is 17.2 Å². The largest absolute Gasteiger partial charge is 0.493 e. The van der Waals surface area contributed by atoms with Crippen LogP contribution in [0.15, 0.2) is 70.9 Å². The topological polar surface area (TPSA) is 107 Å². The second kappa shape index (κ2) is 11.5. The van der Waals surface area contributed by atoms with Gasteiger partial charge in [-0.3, -0.25) is 19.8 Å². The Balaban J connectivity index is 1.40. The molecule has 0 bridgehead atoms. The average molecular weight is 511 g/mol. The molecule has 4 amide bonds. The van der Waals surface area contributed by atoms with Gasteiger partial charge in [0.25, 0.3) is 11.8 Å². The van der Waals surface area contributed by atoms with Crippen molar-refractivity contribution in [3.63, 3.8) is 0 Å². The third-order valence-corrected chi connectivity index (χ3v) is 5.53. The van der Waals surface area contributed by atoms with Gasteiger partial charge in [0, 0.05) is 6.42 Å². The van der Waals surface area contributed by atoms with Crippen LogP contribution in [-0.4, -0.2) is 43.1 Å². The van der Waals surface area contributed by atoms with Gasteiger partial charge in [-0.15, -0.1) is 0 Å². The summed E-state index contributed by atoms with van der Waals surface area (Å²) < 4.78 is 22.1. The molecule has 0 radical (unpaired) electrons. The summed E-state index contributed by atoms with van der Waals surface area (Å²) in [7, 11) is 1.49. The number of nitrogens with zero attached hydrogens (tertiary/aromatic N) is 1. The molecule has 36 heavy (non-hydrogen) atoms. The number of carbonyl (C=O) groups excluding carboxylic acids is 3. The number of nitrogens with one attached hydrogen (secondary N) is 1. The minimum atomic E-state index is -0.807. The number of para-hydroxylation sites is 1. The number of benzene rings is 2. The Hall–Kier alpha value is -4.24. The number of hydrogen-bond acceptors (Lipinski definition) is 7. The summed E-state index contributed by atoms with van der Waals surface area (Å²) >= 11 is 6.07. The summed E-state index contributed by atoms with van der Waals surface area (Å²) in [5.41, 5.74) is 0.334. The molecule has 10 heteroatoms. The van der Waals surface area contributed by atoms with E-state index in [1.165, 1.54) is 19.4 Å². The zero-order chi connectivity index (χ0) is 25.5. The van der Waals surface area contributed by atoms with E-state index in [0.29, 0.717) is 53.2 Å². The van der Waals surface area contributed by atoms with E-state index < -0.39 is 17.8 Å². The van der Waals surface area contributed by atoms with E-state index in [1.807, 2.05) is 12.1 Å². The van der Waals surface area contributed by atoms with Crippen molar-refractivity contribution in [2.75, 3.05) is 20.3 Å². The zero-order valence-corrected chi connectivity index (χ0v) is 20.1. The maximum atomic E-state index is 12.9. The molecule has 1 aromatic heterocycles. The molecular weight excluding hydrogens is 488 g/mol. The van der Waals surface area contributed by atoms with E-state index in [9.17, 15) is 14.4 Å². The molecule has 0 aliphatic carbocycles. The van der Waals surface area contributed by atoms with Crippen molar-refractivity contribution in [3.8, 4) is 17.2 Å². The van der Waals surface area contributed by atoms with Gasteiger partial charge in [0.2, 0.25) is 0 Å². The molecule has 0 saturated carbocycles. The molecule has 0 atom stereocenters. The van der Waals surface area contributed by atoms with Gasteiger partial charge >= 0.3 is 6.03 Å². The monoisotopic (exact) mass is 510 g/mol. The summed E-state index contributed by atoms with van der Waals surface area (Å²) in [4.78, 5) is 38.3. The number of carbonyl (C=O) groups is 3. The highest BCUT2D eigenvalue weighted by Gasteiger charge is 2.36. The fourth-order valence-corrected chi connectivity index (χ4v) is 3.63. The first-order valence-corrected chi connectivity index (χ1v) is 11.4. The van der Waals surface area contributed by atoms with E-state index in [-0.39, 0.29) is 12.1 Å². The molecule has 1 saturated heterocycles. The summed E-state index contributed by atoms with van der Waals surface area (Å²) in [5.74, 6) is 0.430. The fourth-order valence-electron chi connectivity index (χ4n) is 3.44. The molecule has 2 heterocycles. The second-order valence-electron chi connectivity index (χ2n) is 7.68. The van der Waals surface area contributed by atoms with E-state index in [4.69, 9.17) is 30.2 Å². The van der Waals surface area contributed by atoms with Gasteiger partial charge in [-0.2, -0.15) is 0 Å². The second-order valence-corrected chi connectivity index (χ2v) is 8.09. The number of imide groups is 2. The number of halogens is 1. The Morgan fingerprint density at radius 2 is 1.75 bits per heavy atom. The van der Waals surface area contributed by atoms with E-state index in [0.717, 1.165) is 4.90 Å². The van der Waals surface area contributed by atoms with Crippen molar-refractivity contribution in [2.24, 2.45) is 0 Å². The normalized spacial score (nSPS) is 14.7. The highest BCUT2D eigenvalue weighted by atomic mass is 35.5. The third-order valence-electron chi connectivity index (χ3n) is 5.22. The number of furan rings is 1. The average Bonchev–Trinajstić information content (AvgIpc) is 3.39. The smallest absolute Gasteiger partial charge is 0.331 e. The van der Waals surface area contributed by atoms with Gasteiger partial charge in [-0.25, -0.2) is 4.79 Å². The van der Waals surface area contributed by atoms with Crippen molar-refractivity contribution in [1.82, 2.24) is 10.2 Å². The van der Waals surface area contributed by atoms with Crippen LogP contribution in [0.4, 0.5) is 4.79 Å². The fraction of sp³-hybridized carbons (Fsp3) is 0.192. The quantitative estimate of drug-likeness (QED) is 0.244. The van der Waals surface area contributed by atoms with Crippen LogP contribution in [0, 0.1) is 0 Å². The highest BCUT2D eigenvalue weighted by molar-refractivity contribution is 6.32. The lowest BCUT2D eigenvalue weighted by Crippen LogP contribution is -2.53. The summed E-state index contributed by atoms with van der Waals surface area (Å²) in [5, 5.41) is 2.72. The number of rotatable bonds is 10. The molecule has 186 valence electrons. The van der Waals surface area contributed by atoms with Crippen LogP contribution < -0.4 is 19.5 Å². The minimum Gasteiger partial charge on any atom is -0.493 e. The lowest BCUT2D eigenvalue weighted by molar-refractivity contribution is -0.130. The third kappa shape index (κ3) is 5.87. The van der Waals surface area contributed by atoms with Gasteiger partial charge in [-0.1, -0.05) is 29.8 Å². The van der Waals surface area contributed by atoms with E-state index >= 15 is 0 Å². The van der Waals surface area contributed by atoms with Crippen molar-refractivity contribution in [1.29, 1.82) is 0 Å². The molecule has 0 spiro atoms. The Labute approximate surface area is 212 Å². The Morgan fingerprint density at radius 3 is 2.47 bits per heavy atom. The Kier molecular flexibility index (Phi) is 7.92. The van der Waals surface area contributed by atoms with Gasteiger partial charge in [0.15, 0.2) is 11.5 Å². The first kappa shape index (κ1) is 24.9. The SMILES string of the molecule is COc1cc(/C=C2/C(=O)NC(=O)N(Cc3ccco3)C2=O)ccc1OCCCOc1ccccc1Cl. The zero-order valence-electron chi connectivity index (χ0n) is 19.4. The molecular formula is C26H23ClN2O7. The molecule has 3 aromatic rings. The Bertz CT molecular complexity index is 1290. The molecule has 2 aromatic carbocycles. The first-order chi connectivity index (χ1) is 17.5. The highest BCUT2D eigenvalue weighted by Crippen LogP contribution is 2.30.